The van der Waals surface area contributed by atoms with Gasteiger partial charge in [0.05, 0.1) is 11.2 Å². The molecular weight excluding hydrogens is 296 g/mol. The summed E-state index contributed by atoms with van der Waals surface area (Å²) < 4.78 is 0. The quantitative estimate of drug-likeness (QED) is 0.593. The molecule has 0 bridgehead atoms. The van der Waals surface area contributed by atoms with Crippen molar-refractivity contribution in [3.8, 4) is 0 Å². The van der Waals surface area contributed by atoms with Gasteiger partial charge in [0.25, 0.3) is 5.56 Å². The van der Waals surface area contributed by atoms with E-state index in [1.807, 2.05) is 12.1 Å². The third-order valence-corrected chi connectivity index (χ3v) is 3.96. The molecule has 3 aromatic rings. The first-order valence-corrected chi connectivity index (χ1v) is 7.38. The number of aryl methyl sites for hydroxylation is 1. The second-order valence-electron chi connectivity index (χ2n) is 6.40. The van der Waals surface area contributed by atoms with Crippen LogP contribution in [0.25, 0.3) is 21.8 Å². The number of hydrogen-bond acceptors (Lipinski definition) is 3. The summed E-state index contributed by atoms with van der Waals surface area (Å²) in [6, 6.07) is 5.52. The number of H-pyrrole nitrogens is 2. The Morgan fingerprint density at radius 3 is 2.70 bits per heavy atom. The number of carbonyl (C=O) groups is 1. The fraction of sp³-hybridized carbons (Fsp3) is 0.294. The lowest BCUT2D eigenvalue weighted by Gasteiger charge is -2.16. The van der Waals surface area contributed by atoms with Gasteiger partial charge in [-0.2, -0.15) is 0 Å². The minimum Gasteiger partial charge on any atom is -0.478 e. The van der Waals surface area contributed by atoms with Gasteiger partial charge in [0, 0.05) is 22.5 Å². The summed E-state index contributed by atoms with van der Waals surface area (Å²) in [5, 5.41) is 20.3. The van der Waals surface area contributed by atoms with E-state index in [-0.39, 0.29) is 16.6 Å². The summed E-state index contributed by atoms with van der Waals surface area (Å²) in [6.07, 6.45) is 2.59. The summed E-state index contributed by atoms with van der Waals surface area (Å²) in [4.78, 5) is 29.0. The largest absolute Gasteiger partial charge is 0.478 e. The number of carboxylic acids is 1. The summed E-state index contributed by atoms with van der Waals surface area (Å²) >= 11 is 0. The zero-order valence-electron chi connectivity index (χ0n) is 12.9. The number of fused-ring (bicyclic) bond motifs is 3. The molecule has 0 saturated carbocycles. The van der Waals surface area contributed by atoms with Gasteiger partial charge in [0.1, 0.15) is 5.52 Å². The molecule has 120 valence electrons. The van der Waals surface area contributed by atoms with Gasteiger partial charge in [-0.1, -0.05) is 6.07 Å². The third-order valence-electron chi connectivity index (χ3n) is 3.96. The molecule has 0 aliphatic rings. The van der Waals surface area contributed by atoms with Gasteiger partial charge in [0.2, 0.25) is 0 Å². The predicted octanol–water partition coefficient (Wildman–Crippen LogP) is 2.41. The standard InChI is InChI=1S/C17H18N2O4/c1-17(2,23)6-5-9-3-4-12-10(7-9)13-11(16(21)22)8-18-14(13)15(20)19-12/h3-4,7-8,18,23H,5-6H2,1-2H3,(H,19,20)(H,21,22). The van der Waals surface area contributed by atoms with Crippen LogP contribution in [0.3, 0.4) is 0 Å². The number of pyridine rings is 1. The highest BCUT2D eigenvalue weighted by molar-refractivity contribution is 6.14. The highest BCUT2D eigenvalue weighted by atomic mass is 16.4. The summed E-state index contributed by atoms with van der Waals surface area (Å²) in [5.74, 6) is -1.08. The van der Waals surface area contributed by atoms with E-state index < -0.39 is 11.6 Å². The van der Waals surface area contributed by atoms with E-state index in [0.29, 0.717) is 29.1 Å². The maximum atomic E-state index is 12.1. The van der Waals surface area contributed by atoms with Gasteiger partial charge >= 0.3 is 5.97 Å². The van der Waals surface area contributed by atoms with Gasteiger partial charge in [0.15, 0.2) is 0 Å². The molecule has 0 amide bonds. The molecular formula is C17H18N2O4. The van der Waals surface area contributed by atoms with Gasteiger partial charge in [-0.25, -0.2) is 4.79 Å². The van der Waals surface area contributed by atoms with Crippen molar-refractivity contribution < 1.29 is 15.0 Å². The van der Waals surface area contributed by atoms with Crippen LogP contribution >= 0.6 is 0 Å². The first kappa shape index (κ1) is 15.3. The summed E-state index contributed by atoms with van der Waals surface area (Å²) in [6.45, 7) is 3.50. The minimum absolute atomic E-state index is 0.0794. The SMILES string of the molecule is CC(C)(O)CCc1ccc2[nH]c(=O)c3[nH]cc(C(=O)O)c3c2c1. The first-order valence-electron chi connectivity index (χ1n) is 7.38. The van der Waals surface area contributed by atoms with Crippen molar-refractivity contribution in [3.05, 3.63) is 45.9 Å². The number of aromatic amines is 2. The van der Waals surface area contributed by atoms with E-state index in [1.165, 1.54) is 6.20 Å². The Morgan fingerprint density at radius 2 is 2.04 bits per heavy atom. The van der Waals surface area contributed by atoms with E-state index in [1.54, 1.807) is 19.9 Å². The molecule has 3 rings (SSSR count). The van der Waals surface area contributed by atoms with Crippen molar-refractivity contribution in [2.45, 2.75) is 32.3 Å². The van der Waals surface area contributed by atoms with Crippen LogP contribution in [-0.4, -0.2) is 31.8 Å². The zero-order chi connectivity index (χ0) is 16.8. The number of benzene rings is 1. The van der Waals surface area contributed by atoms with Gasteiger partial charge in [-0.3, -0.25) is 4.79 Å². The Bertz CT molecular complexity index is 960. The molecule has 0 radical (unpaired) electrons. The van der Waals surface area contributed by atoms with E-state index >= 15 is 0 Å². The van der Waals surface area contributed by atoms with E-state index in [0.717, 1.165) is 5.56 Å². The fourth-order valence-corrected chi connectivity index (χ4v) is 2.75. The van der Waals surface area contributed by atoms with E-state index in [4.69, 9.17) is 0 Å². The lowest BCUT2D eigenvalue weighted by molar-refractivity contribution is 0.0695. The van der Waals surface area contributed by atoms with Crippen LogP contribution in [0.15, 0.2) is 29.2 Å². The monoisotopic (exact) mass is 314 g/mol. The molecule has 2 heterocycles. The smallest absolute Gasteiger partial charge is 0.337 e. The highest BCUT2D eigenvalue weighted by Gasteiger charge is 2.17. The number of rotatable bonds is 4. The molecule has 0 unspecified atom stereocenters. The Labute approximate surface area is 131 Å². The third kappa shape index (κ3) is 2.85. The van der Waals surface area contributed by atoms with Crippen molar-refractivity contribution in [2.24, 2.45) is 0 Å². The van der Waals surface area contributed by atoms with Crippen LogP contribution in [0.5, 0.6) is 0 Å². The van der Waals surface area contributed by atoms with Crippen LogP contribution in [0, 0.1) is 0 Å². The van der Waals surface area contributed by atoms with E-state index in [9.17, 15) is 19.8 Å². The van der Waals surface area contributed by atoms with Crippen LogP contribution in [-0.2, 0) is 6.42 Å². The molecule has 0 saturated heterocycles. The number of hydrogen-bond donors (Lipinski definition) is 4. The number of aromatic carboxylic acids is 1. The van der Waals surface area contributed by atoms with Crippen LogP contribution in [0.2, 0.25) is 0 Å². The van der Waals surface area contributed by atoms with Gasteiger partial charge in [-0.15, -0.1) is 0 Å². The van der Waals surface area contributed by atoms with Crippen LogP contribution < -0.4 is 5.56 Å². The van der Waals surface area contributed by atoms with Crippen LogP contribution in [0.4, 0.5) is 0 Å². The molecule has 4 N–H and O–H groups in total. The van der Waals surface area contributed by atoms with Crippen molar-refractivity contribution in [3.63, 3.8) is 0 Å². The molecule has 0 fully saturated rings. The van der Waals surface area contributed by atoms with Gasteiger partial charge < -0.3 is 20.2 Å². The van der Waals surface area contributed by atoms with Crippen molar-refractivity contribution in [2.75, 3.05) is 0 Å². The number of carboxylic acid groups (broad SMARTS) is 1. The molecule has 0 atom stereocenters. The first-order chi connectivity index (χ1) is 10.8. The molecule has 6 nitrogen and oxygen atoms in total. The summed E-state index contributed by atoms with van der Waals surface area (Å²) in [5.41, 5.74) is 0.798. The fourth-order valence-electron chi connectivity index (χ4n) is 2.75. The normalized spacial score (nSPS) is 12.1. The molecule has 0 aliphatic heterocycles. The Balaban J connectivity index is 2.22. The maximum absolute atomic E-state index is 12.1. The zero-order valence-corrected chi connectivity index (χ0v) is 12.9. The molecule has 23 heavy (non-hydrogen) atoms. The summed E-state index contributed by atoms with van der Waals surface area (Å²) in [7, 11) is 0. The predicted molar refractivity (Wildman–Crippen MR) is 88.0 cm³/mol. The lowest BCUT2D eigenvalue weighted by atomic mass is 9.97. The van der Waals surface area contributed by atoms with Crippen molar-refractivity contribution >= 4 is 27.8 Å². The average Bonchev–Trinajstić information content (AvgIpc) is 2.90. The average molecular weight is 314 g/mol. The van der Waals surface area contributed by atoms with Crippen molar-refractivity contribution in [1.29, 1.82) is 0 Å². The highest BCUT2D eigenvalue weighted by Crippen LogP contribution is 2.26. The maximum Gasteiger partial charge on any atom is 0.337 e. The number of aliphatic hydroxyl groups is 1. The number of nitrogens with one attached hydrogen (secondary N) is 2. The molecule has 6 heteroatoms. The molecule has 2 aromatic heterocycles. The molecule has 0 spiro atoms. The van der Waals surface area contributed by atoms with Gasteiger partial charge in [-0.05, 0) is 44.4 Å². The number of aromatic nitrogens is 2. The Morgan fingerprint density at radius 1 is 1.30 bits per heavy atom. The Hall–Kier alpha value is -2.60. The lowest BCUT2D eigenvalue weighted by Crippen LogP contribution is -2.19. The van der Waals surface area contributed by atoms with E-state index in [2.05, 4.69) is 9.97 Å². The molecule has 1 aromatic carbocycles. The van der Waals surface area contributed by atoms with Crippen LogP contribution in [0.1, 0.15) is 36.2 Å². The minimum atomic E-state index is -1.08. The second-order valence-corrected chi connectivity index (χ2v) is 6.40. The Kier molecular flexibility index (Phi) is 3.49. The van der Waals surface area contributed by atoms with Crippen molar-refractivity contribution in [1.82, 2.24) is 9.97 Å². The topological polar surface area (TPSA) is 106 Å². The second kappa shape index (κ2) is 5.24. The molecule has 0 aliphatic carbocycles.